The Labute approximate surface area is 120 Å². The molecule has 1 atom stereocenters. The fourth-order valence-electron chi connectivity index (χ4n) is 2.18. The van der Waals surface area contributed by atoms with Gasteiger partial charge in [0.25, 0.3) is 5.91 Å². The smallest absolute Gasteiger partial charge is 0.253 e. The molecule has 1 rings (SSSR count). The van der Waals surface area contributed by atoms with Gasteiger partial charge in [0.2, 0.25) is 0 Å². The zero-order chi connectivity index (χ0) is 14.4. The first-order valence-corrected chi connectivity index (χ1v) is 7.29. The SMILES string of the molecule is CCC(CC)C(Cl)CNC(=O)c1ccc(C)nc1C. The maximum atomic E-state index is 12.1. The molecule has 19 heavy (non-hydrogen) atoms. The highest BCUT2D eigenvalue weighted by atomic mass is 35.5. The van der Waals surface area contributed by atoms with Gasteiger partial charge in [-0.05, 0) is 31.9 Å². The van der Waals surface area contributed by atoms with Crippen LogP contribution in [-0.4, -0.2) is 22.8 Å². The molecule has 106 valence electrons. The van der Waals surface area contributed by atoms with E-state index in [9.17, 15) is 4.79 Å². The van der Waals surface area contributed by atoms with Gasteiger partial charge >= 0.3 is 0 Å². The molecule has 4 heteroatoms. The summed E-state index contributed by atoms with van der Waals surface area (Å²) >= 11 is 6.31. The van der Waals surface area contributed by atoms with Gasteiger partial charge in [-0.1, -0.05) is 26.7 Å². The zero-order valence-electron chi connectivity index (χ0n) is 12.2. The van der Waals surface area contributed by atoms with Gasteiger partial charge in [0.05, 0.1) is 16.6 Å². The summed E-state index contributed by atoms with van der Waals surface area (Å²) in [5.41, 5.74) is 2.30. The van der Waals surface area contributed by atoms with Gasteiger partial charge in [-0.3, -0.25) is 9.78 Å². The predicted octanol–water partition coefficient (Wildman–Crippen LogP) is 3.47. The number of alkyl halides is 1. The molecule has 1 aromatic rings. The molecule has 0 saturated carbocycles. The van der Waals surface area contributed by atoms with E-state index in [1.54, 1.807) is 0 Å². The minimum absolute atomic E-state index is 0.0161. The Morgan fingerprint density at radius 1 is 1.32 bits per heavy atom. The molecule has 1 N–H and O–H groups in total. The number of carbonyl (C=O) groups is 1. The number of amides is 1. The molecule has 1 amide bonds. The van der Waals surface area contributed by atoms with Gasteiger partial charge in [0.1, 0.15) is 0 Å². The Bertz CT molecular complexity index is 430. The molecule has 0 aromatic carbocycles. The maximum Gasteiger partial charge on any atom is 0.253 e. The monoisotopic (exact) mass is 282 g/mol. The Kier molecular flexibility index (Phi) is 6.29. The second-order valence-electron chi connectivity index (χ2n) is 4.89. The summed E-state index contributed by atoms with van der Waals surface area (Å²) in [6.07, 6.45) is 2.07. The second-order valence-corrected chi connectivity index (χ2v) is 5.45. The van der Waals surface area contributed by atoms with Crippen LogP contribution in [0.5, 0.6) is 0 Å². The fourth-order valence-corrected chi connectivity index (χ4v) is 2.61. The summed E-state index contributed by atoms with van der Waals surface area (Å²) in [7, 11) is 0. The Morgan fingerprint density at radius 2 is 1.95 bits per heavy atom. The van der Waals surface area contributed by atoms with Crippen LogP contribution < -0.4 is 5.32 Å². The largest absolute Gasteiger partial charge is 0.350 e. The Morgan fingerprint density at radius 3 is 2.47 bits per heavy atom. The molecule has 0 fully saturated rings. The molecule has 0 aliphatic rings. The van der Waals surface area contributed by atoms with E-state index in [0.717, 1.165) is 24.2 Å². The average Bonchev–Trinajstić information content (AvgIpc) is 2.37. The van der Waals surface area contributed by atoms with Crippen LogP contribution >= 0.6 is 11.6 Å². The van der Waals surface area contributed by atoms with E-state index in [-0.39, 0.29) is 11.3 Å². The van der Waals surface area contributed by atoms with E-state index in [0.29, 0.717) is 18.0 Å². The summed E-state index contributed by atoms with van der Waals surface area (Å²) in [6.45, 7) is 8.51. The molecule has 0 aliphatic carbocycles. The lowest BCUT2D eigenvalue weighted by Gasteiger charge is -2.19. The normalized spacial score (nSPS) is 12.5. The third-order valence-corrected chi connectivity index (χ3v) is 4.00. The van der Waals surface area contributed by atoms with Gasteiger partial charge in [-0.15, -0.1) is 11.6 Å². The first kappa shape index (κ1) is 16.0. The summed E-state index contributed by atoms with van der Waals surface area (Å²) in [4.78, 5) is 16.4. The van der Waals surface area contributed by atoms with Crippen molar-refractivity contribution in [2.45, 2.75) is 45.9 Å². The van der Waals surface area contributed by atoms with E-state index in [1.165, 1.54) is 0 Å². The van der Waals surface area contributed by atoms with Gasteiger partial charge < -0.3 is 5.32 Å². The number of carbonyl (C=O) groups excluding carboxylic acids is 1. The highest BCUT2D eigenvalue weighted by Crippen LogP contribution is 2.18. The molecular formula is C15H23ClN2O. The van der Waals surface area contributed by atoms with E-state index >= 15 is 0 Å². The molecule has 1 heterocycles. The number of rotatable bonds is 6. The number of hydrogen-bond donors (Lipinski definition) is 1. The number of aryl methyl sites for hydroxylation is 2. The maximum absolute atomic E-state index is 12.1. The van der Waals surface area contributed by atoms with E-state index in [1.807, 2.05) is 26.0 Å². The van der Waals surface area contributed by atoms with Crippen molar-refractivity contribution in [1.82, 2.24) is 10.3 Å². The molecule has 0 bridgehead atoms. The van der Waals surface area contributed by atoms with Crippen LogP contribution in [0.3, 0.4) is 0 Å². The minimum atomic E-state index is -0.0957. The molecule has 1 unspecified atom stereocenters. The highest BCUT2D eigenvalue weighted by Gasteiger charge is 2.17. The molecule has 0 aliphatic heterocycles. The molecule has 0 radical (unpaired) electrons. The number of aromatic nitrogens is 1. The number of halogens is 1. The van der Waals surface area contributed by atoms with E-state index in [4.69, 9.17) is 11.6 Å². The summed E-state index contributed by atoms with van der Waals surface area (Å²) in [5.74, 6) is 0.348. The van der Waals surface area contributed by atoms with Crippen molar-refractivity contribution in [3.8, 4) is 0 Å². The van der Waals surface area contributed by atoms with Crippen LogP contribution in [0.2, 0.25) is 0 Å². The molecule has 3 nitrogen and oxygen atoms in total. The quantitative estimate of drug-likeness (QED) is 0.812. The summed E-state index contributed by atoms with van der Waals surface area (Å²) in [5, 5.41) is 2.88. The van der Waals surface area contributed by atoms with Crippen LogP contribution in [-0.2, 0) is 0 Å². The standard InChI is InChI=1S/C15H23ClN2O/c1-5-12(6-2)14(16)9-17-15(19)13-8-7-10(3)18-11(13)4/h7-8,12,14H,5-6,9H2,1-4H3,(H,17,19). The molecule has 0 spiro atoms. The number of nitrogens with zero attached hydrogens (tertiary/aromatic N) is 1. The number of pyridine rings is 1. The number of nitrogens with one attached hydrogen (secondary N) is 1. The lowest BCUT2D eigenvalue weighted by molar-refractivity contribution is 0.0950. The Balaban J connectivity index is 2.60. The van der Waals surface area contributed by atoms with Crippen molar-refractivity contribution >= 4 is 17.5 Å². The topological polar surface area (TPSA) is 42.0 Å². The molecule has 0 saturated heterocycles. The summed E-state index contributed by atoms with van der Waals surface area (Å²) in [6, 6.07) is 3.66. The van der Waals surface area contributed by atoms with Crippen LogP contribution in [0.1, 0.15) is 48.4 Å². The second kappa shape index (κ2) is 7.49. The van der Waals surface area contributed by atoms with Gasteiger partial charge in [-0.2, -0.15) is 0 Å². The third-order valence-electron chi connectivity index (χ3n) is 3.49. The van der Waals surface area contributed by atoms with E-state index in [2.05, 4.69) is 24.1 Å². The molecule has 1 aromatic heterocycles. The third kappa shape index (κ3) is 4.50. The highest BCUT2D eigenvalue weighted by molar-refractivity contribution is 6.21. The van der Waals surface area contributed by atoms with E-state index < -0.39 is 0 Å². The summed E-state index contributed by atoms with van der Waals surface area (Å²) < 4.78 is 0. The van der Waals surface area contributed by atoms with Gasteiger partial charge in [0, 0.05) is 12.2 Å². The predicted molar refractivity (Wildman–Crippen MR) is 79.8 cm³/mol. The van der Waals surface area contributed by atoms with Crippen molar-refractivity contribution in [3.63, 3.8) is 0 Å². The lowest BCUT2D eigenvalue weighted by Crippen LogP contribution is -2.33. The Hall–Kier alpha value is -1.09. The van der Waals surface area contributed by atoms with Gasteiger partial charge in [-0.25, -0.2) is 0 Å². The van der Waals surface area contributed by atoms with Crippen molar-refractivity contribution in [2.24, 2.45) is 5.92 Å². The van der Waals surface area contributed by atoms with Crippen LogP contribution in [0.25, 0.3) is 0 Å². The van der Waals surface area contributed by atoms with Crippen molar-refractivity contribution in [1.29, 1.82) is 0 Å². The van der Waals surface area contributed by atoms with Crippen molar-refractivity contribution in [2.75, 3.05) is 6.54 Å². The van der Waals surface area contributed by atoms with Gasteiger partial charge in [0.15, 0.2) is 0 Å². The van der Waals surface area contributed by atoms with Crippen molar-refractivity contribution in [3.05, 3.63) is 29.1 Å². The minimum Gasteiger partial charge on any atom is -0.350 e. The fraction of sp³-hybridized carbons (Fsp3) is 0.600. The first-order valence-electron chi connectivity index (χ1n) is 6.86. The van der Waals surface area contributed by atoms with Crippen LogP contribution in [0.4, 0.5) is 0 Å². The molecular weight excluding hydrogens is 260 g/mol. The van der Waals surface area contributed by atoms with Crippen LogP contribution in [0, 0.1) is 19.8 Å². The zero-order valence-corrected chi connectivity index (χ0v) is 12.9. The van der Waals surface area contributed by atoms with Crippen LogP contribution in [0.15, 0.2) is 12.1 Å². The average molecular weight is 283 g/mol. The van der Waals surface area contributed by atoms with Crippen molar-refractivity contribution < 1.29 is 4.79 Å². The first-order chi connectivity index (χ1) is 8.99. The number of hydrogen-bond acceptors (Lipinski definition) is 2. The lowest BCUT2D eigenvalue weighted by atomic mass is 9.99.